The molecule has 0 unspecified atom stereocenters. The van der Waals surface area contributed by atoms with Crippen LogP contribution in [0, 0.1) is 5.92 Å². The molecule has 11 heavy (non-hydrogen) atoms. The van der Waals surface area contributed by atoms with Crippen molar-refractivity contribution in [2.24, 2.45) is 5.92 Å². The van der Waals surface area contributed by atoms with Gasteiger partial charge in [-0.05, 0) is 5.92 Å². The molecule has 0 amide bonds. The summed E-state index contributed by atoms with van der Waals surface area (Å²) in [6.07, 6.45) is -3.51. The van der Waals surface area contributed by atoms with E-state index >= 15 is 0 Å². The molecule has 0 aromatic heterocycles. The molecule has 0 aromatic carbocycles. The topological polar surface area (TPSA) is 9.23 Å². The Labute approximate surface area is 63.8 Å². The molecule has 0 spiro atoms. The number of halogens is 3. The van der Waals surface area contributed by atoms with E-state index in [-0.39, 0.29) is 12.0 Å². The zero-order valence-corrected chi connectivity index (χ0v) is 6.48. The molecule has 0 fully saturated rings. The summed E-state index contributed by atoms with van der Waals surface area (Å²) >= 11 is 0. The minimum atomic E-state index is -4.27. The standard InChI is InChI=1S/C7H11F3O/c1-6(2)5-11-4-3-7(8,9)10/h3-4,6H,5H2,1-2H3. The van der Waals surface area contributed by atoms with Gasteiger partial charge in [0.1, 0.15) is 0 Å². The number of hydrogen-bond acceptors (Lipinski definition) is 1. The first-order valence-corrected chi connectivity index (χ1v) is 3.28. The molecule has 66 valence electrons. The third kappa shape index (κ3) is 9.33. The Morgan fingerprint density at radius 1 is 1.36 bits per heavy atom. The quantitative estimate of drug-likeness (QED) is 0.589. The highest BCUT2D eigenvalue weighted by Crippen LogP contribution is 2.15. The lowest BCUT2D eigenvalue weighted by Crippen LogP contribution is -2.02. The average molecular weight is 168 g/mol. The molecule has 0 radical (unpaired) electrons. The van der Waals surface area contributed by atoms with Crippen molar-refractivity contribution in [2.75, 3.05) is 6.61 Å². The Morgan fingerprint density at radius 2 is 1.91 bits per heavy atom. The fraction of sp³-hybridized carbons (Fsp3) is 0.714. The maximum Gasteiger partial charge on any atom is 0.412 e. The molecular weight excluding hydrogens is 157 g/mol. The van der Waals surface area contributed by atoms with Crippen molar-refractivity contribution in [1.82, 2.24) is 0 Å². The monoisotopic (exact) mass is 168 g/mol. The number of rotatable bonds is 3. The summed E-state index contributed by atoms with van der Waals surface area (Å²) in [7, 11) is 0. The number of ether oxygens (including phenoxy) is 1. The van der Waals surface area contributed by atoms with Crippen LogP contribution < -0.4 is 0 Å². The van der Waals surface area contributed by atoms with Gasteiger partial charge in [0.05, 0.1) is 18.9 Å². The van der Waals surface area contributed by atoms with Crippen LogP contribution in [0.15, 0.2) is 12.3 Å². The second-order valence-electron chi connectivity index (χ2n) is 2.57. The van der Waals surface area contributed by atoms with E-state index in [1.165, 1.54) is 0 Å². The summed E-state index contributed by atoms with van der Waals surface area (Å²) in [6.45, 7) is 4.04. The summed E-state index contributed by atoms with van der Waals surface area (Å²) in [4.78, 5) is 0. The highest BCUT2D eigenvalue weighted by atomic mass is 19.4. The van der Waals surface area contributed by atoms with Crippen LogP contribution in [0.25, 0.3) is 0 Å². The molecule has 0 N–H and O–H groups in total. The van der Waals surface area contributed by atoms with Gasteiger partial charge < -0.3 is 4.74 Å². The zero-order valence-electron chi connectivity index (χ0n) is 6.48. The van der Waals surface area contributed by atoms with E-state index in [2.05, 4.69) is 4.74 Å². The Bertz CT molecular complexity index is 126. The van der Waals surface area contributed by atoms with Crippen molar-refractivity contribution in [2.45, 2.75) is 20.0 Å². The number of hydrogen-bond donors (Lipinski definition) is 0. The van der Waals surface area contributed by atoms with Crippen molar-refractivity contribution in [3.05, 3.63) is 12.3 Å². The molecule has 0 aromatic rings. The second-order valence-corrected chi connectivity index (χ2v) is 2.57. The van der Waals surface area contributed by atoms with Crippen LogP contribution in [0.1, 0.15) is 13.8 Å². The van der Waals surface area contributed by atoms with E-state index in [0.29, 0.717) is 12.9 Å². The van der Waals surface area contributed by atoms with Crippen molar-refractivity contribution in [3.8, 4) is 0 Å². The van der Waals surface area contributed by atoms with Gasteiger partial charge in [-0.3, -0.25) is 0 Å². The normalized spacial score (nSPS) is 12.9. The van der Waals surface area contributed by atoms with Gasteiger partial charge in [0.2, 0.25) is 0 Å². The van der Waals surface area contributed by atoms with Crippen LogP contribution in [-0.2, 0) is 4.74 Å². The van der Waals surface area contributed by atoms with Crippen molar-refractivity contribution >= 4 is 0 Å². The predicted molar refractivity (Wildman–Crippen MR) is 36.0 cm³/mol. The third-order valence-corrected chi connectivity index (χ3v) is 0.783. The molecule has 0 atom stereocenters. The molecule has 4 heteroatoms. The largest absolute Gasteiger partial charge is 0.501 e. The van der Waals surface area contributed by atoms with Crippen molar-refractivity contribution in [1.29, 1.82) is 0 Å². The molecule has 0 aliphatic carbocycles. The molecule has 0 aliphatic heterocycles. The Balaban J connectivity index is 3.46. The van der Waals surface area contributed by atoms with Crippen molar-refractivity contribution < 1.29 is 17.9 Å². The van der Waals surface area contributed by atoms with Gasteiger partial charge in [-0.2, -0.15) is 13.2 Å². The van der Waals surface area contributed by atoms with Gasteiger partial charge in [-0.25, -0.2) is 0 Å². The Morgan fingerprint density at radius 3 is 2.27 bits per heavy atom. The van der Waals surface area contributed by atoms with Gasteiger partial charge in [0.15, 0.2) is 0 Å². The van der Waals surface area contributed by atoms with Crippen LogP contribution in [0.3, 0.4) is 0 Å². The fourth-order valence-electron chi connectivity index (χ4n) is 0.373. The SMILES string of the molecule is CC(C)COC=CC(F)(F)F. The van der Waals surface area contributed by atoms with E-state index in [1.807, 2.05) is 13.8 Å². The van der Waals surface area contributed by atoms with Gasteiger partial charge in [-0.15, -0.1) is 0 Å². The van der Waals surface area contributed by atoms with Crippen LogP contribution in [-0.4, -0.2) is 12.8 Å². The first-order valence-electron chi connectivity index (χ1n) is 3.28. The Kier molecular flexibility index (Phi) is 4.00. The van der Waals surface area contributed by atoms with Crippen molar-refractivity contribution in [3.63, 3.8) is 0 Å². The van der Waals surface area contributed by atoms with E-state index in [4.69, 9.17) is 0 Å². The number of allylic oxidation sites excluding steroid dienone is 1. The Hall–Kier alpha value is -0.670. The molecule has 0 bridgehead atoms. The molecular formula is C7H11F3O. The van der Waals surface area contributed by atoms with E-state index < -0.39 is 6.18 Å². The lowest BCUT2D eigenvalue weighted by atomic mass is 10.2. The maximum absolute atomic E-state index is 11.4. The van der Waals surface area contributed by atoms with E-state index in [1.54, 1.807) is 0 Å². The van der Waals surface area contributed by atoms with Gasteiger partial charge in [0, 0.05) is 0 Å². The van der Waals surface area contributed by atoms with Gasteiger partial charge >= 0.3 is 6.18 Å². The first-order chi connectivity index (χ1) is 4.92. The molecule has 0 aliphatic rings. The zero-order chi connectivity index (χ0) is 8.91. The molecule has 0 rings (SSSR count). The predicted octanol–water partition coefficient (Wildman–Crippen LogP) is 2.74. The summed E-state index contributed by atoms with van der Waals surface area (Å²) < 4.78 is 38.8. The summed E-state index contributed by atoms with van der Waals surface area (Å²) in [6, 6.07) is 0. The summed E-state index contributed by atoms with van der Waals surface area (Å²) in [5.41, 5.74) is 0. The molecule has 0 saturated carbocycles. The maximum atomic E-state index is 11.4. The summed E-state index contributed by atoms with van der Waals surface area (Å²) in [5.74, 6) is 0.243. The fourth-order valence-corrected chi connectivity index (χ4v) is 0.373. The van der Waals surface area contributed by atoms with Gasteiger partial charge in [-0.1, -0.05) is 13.8 Å². The lowest BCUT2D eigenvalue weighted by Gasteiger charge is -2.03. The van der Waals surface area contributed by atoms with Gasteiger partial charge in [0.25, 0.3) is 0 Å². The minimum Gasteiger partial charge on any atom is -0.501 e. The van der Waals surface area contributed by atoms with Crippen LogP contribution in [0.5, 0.6) is 0 Å². The highest BCUT2D eigenvalue weighted by molar-refractivity contribution is 4.82. The molecule has 0 saturated heterocycles. The molecule has 0 heterocycles. The second kappa shape index (κ2) is 4.26. The van der Waals surface area contributed by atoms with E-state index in [9.17, 15) is 13.2 Å². The average Bonchev–Trinajstić information content (AvgIpc) is 1.78. The minimum absolute atomic E-state index is 0.0788. The number of alkyl halides is 3. The van der Waals surface area contributed by atoms with Crippen LogP contribution in [0.4, 0.5) is 13.2 Å². The molecule has 1 nitrogen and oxygen atoms in total. The van der Waals surface area contributed by atoms with Crippen LogP contribution in [0.2, 0.25) is 0 Å². The summed E-state index contributed by atoms with van der Waals surface area (Å²) in [5, 5.41) is 0. The van der Waals surface area contributed by atoms with Crippen LogP contribution >= 0.6 is 0 Å². The lowest BCUT2D eigenvalue weighted by molar-refractivity contribution is -0.0817. The van der Waals surface area contributed by atoms with E-state index in [0.717, 1.165) is 0 Å². The smallest absolute Gasteiger partial charge is 0.412 e. The first kappa shape index (κ1) is 10.3. The highest BCUT2D eigenvalue weighted by Gasteiger charge is 2.22. The third-order valence-electron chi connectivity index (χ3n) is 0.783.